The topological polar surface area (TPSA) is 58.4 Å². The fraction of sp³-hybridized carbons (Fsp3) is 0.263. The minimum atomic E-state index is -0.982. The van der Waals surface area contributed by atoms with E-state index in [2.05, 4.69) is 11.7 Å². The Morgan fingerprint density at radius 3 is 2.76 bits per heavy atom. The van der Waals surface area contributed by atoms with E-state index in [1.807, 2.05) is 19.9 Å². The molecule has 2 aromatic rings. The van der Waals surface area contributed by atoms with Crippen LogP contribution < -0.4 is 0 Å². The Balaban J connectivity index is 2.04. The lowest BCUT2D eigenvalue weighted by Gasteiger charge is -2.42. The Morgan fingerprint density at radius 1 is 1.48 bits per heavy atom. The first-order chi connectivity index (χ1) is 11.9. The smallest absolute Gasteiger partial charge is 0.408 e. The quantitative estimate of drug-likeness (QED) is 0.858. The third-order valence-electron chi connectivity index (χ3n) is 4.83. The number of fused-ring (bicyclic) bond motifs is 1. The van der Waals surface area contributed by atoms with Gasteiger partial charge in [0.2, 0.25) is 0 Å². The fourth-order valence-corrected chi connectivity index (χ4v) is 3.27. The van der Waals surface area contributed by atoms with Gasteiger partial charge >= 0.3 is 6.09 Å². The molecule has 0 fully saturated rings. The first-order valence-corrected chi connectivity index (χ1v) is 8.00. The number of carboxylic acid groups (broad SMARTS) is 1. The molecule has 1 aliphatic rings. The molecule has 0 bridgehead atoms. The maximum absolute atomic E-state index is 13.2. The summed E-state index contributed by atoms with van der Waals surface area (Å²) in [5.41, 5.74) is 2.87. The Bertz CT molecular complexity index is 854. The summed E-state index contributed by atoms with van der Waals surface area (Å²) in [5.74, 6) is -0.300. The Kier molecular flexibility index (Phi) is 4.20. The highest BCUT2D eigenvalue weighted by Crippen LogP contribution is 2.36. The molecule has 0 aliphatic heterocycles. The van der Waals surface area contributed by atoms with Crippen molar-refractivity contribution < 1.29 is 14.3 Å². The first-order valence-electron chi connectivity index (χ1n) is 8.00. The van der Waals surface area contributed by atoms with E-state index < -0.39 is 11.6 Å². The maximum Gasteiger partial charge on any atom is 0.408 e. The van der Waals surface area contributed by atoms with Gasteiger partial charge in [0, 0.05) is 18.5 Å². The molecule has 5 nitrogen and oxygen atoms in total. The molecule has 25 heavy (non-hydrogen) atoms. The molecular formula is C19H20FN3O2. The van der Waals surface area contributed by atoms with Crippen molar-refractivity contribution in [1.29, 1.82) is 0 Å². The van der Waals surface area contributed by atoms with Gasteiger partial charge in [0.1, 0.15) is 5.82 Å². The SMILES string of the molecule is C=CCN(C(=O)O)[C@@]1(C)Cc2cnn(-c3ccc(F)cc3)c2C=C1C. The zero-order valence-electron chi connectivity index (χ0n) is 14.2. The largest absolute Gasteiger partial charge is 0.465 e. The maximum atomic E-state index is 13.2. The normalized spacial score (nSPS) is 19.1. The number of hydrogen-bond donors (Lipinski definition) is 1. The van der Waals surface area contributed by atoms with Gasteiger partial charge in [-0.15, -0.1) is 6.58 Å². The lowest BCUT2D eigenvalue weighted by atomic mass is 9.80. The van der Waals surface area contributed by atoms with Crippen molar-refractivity contribution in [2.24, 2.45) is 0 Å². The highest BCUT2D eigenvalue weighted by Gasteiger charge is 2.40. The monoisotopic (exact) mass is 341 g/mol. The summed E-state index contributed by atoms with van der Waals surface area (Å²) in [6.07, 6.45) is 4.82. The van der Waals surface area contributed by atoms with Crippen LogP contribution in [0.2, 0.25) is 0 Å². The molecule has 0 unspecified atom stereocenters. The van der Waals surface area contributed by atoms with Gasteiger partial charge in [0.25, 0.3) is 0 Å². The highest BCUT2D eigenvalue weighted by molar-refractivity contribution is 5.70. The van der Waals surface area contributed by atoms with Crippen LogP contribution in [0.1, 0.15) is 25.1 Å². The highest BCUT2D eigenvalue weighted by atomic mass is 19.1. The second-order valence-corrected chi connectivity index (χ2v) is 6.40. The number of aromatic nitrogens is 2. The van der Waals surface area contributed by atoms with E-state index in [4.69, 9.17) is 0 Å². The predicted molar refractivity (Wildman–Crippen MR) is 94.2 cm³/mol. The van der Waals surface area contributed by atoms with Crippen molar-refractivity contribution in [3.63, 3.8) is 0 Å². The van der Waals surface area contributed by atoms with Gasteiger partial charge < -0.3 is 5.11 Å². The zero-order chi connectivity index (χ0) is 18.2. The summed E-state index contributed by atoms with van der Waals surface area (Å²) in [7, 11) is 0. The van der Waals surface area contributed by atoms with E-state index in [9.17, 15) is 14.3 Å². The predicted octanol–water partition coefficient (Wildman–Crippen LogP) is 3.90. The summed E-state index contributed by atoms with van der Waals surface area (Å²) in [4.78, 5) is 13.1. The Morgan fingerprint density at radius 2 is 2.16 bits per heavy atom. The number of rotatable bonds is 4. The van der Waals surface area contributed by atoms with E-state index in [1.54, 1.807) is 29.1 Å². The number of amides is 1. The molecule has 130 valence electrons. The minimum Gasteiger partial charge on any atom is -0.465 e. The van der Waals surface area contributed by atoms with E-state index in [0.29, 0.717) is 6.42 Å². The molecule has 1 aromatic carbocycles. The van der Waals surface area contributed by atoms with Gasteiger partial charge in [0.15, 0.2) is 0 Å². The van der Waals surface area contributed by atoms with Crippen LogP contribution in [0.4, 0.5) is 9.18 Å². The Labute approximate surface area is 145 Å². The average molecular weight is 341 g/mol. The van der Waals surface area contributed by atoms with Crippen LogP contribution >= 0.6 is 0 Å². The van der Waals surface area contributed by atoms with Gasteiger partial charge in [-0.05, 0) is 49.8 Å². The molecule has 1 heterocycles. The van der Waals surface area contributed by atoms with Gasteiger partial charge in [-0.25, -0.2) is 13.9 Å². The minimum absolute atomic E-state index is 0.248. The Hall–Kier alpha value is -2.89. The van der Waals surface area contributed by atoms with Crippen LogP contribution in [0.15, 0.2) is 48.7 Å². The summed E-state index contributed by atoms with van der Waals surface area (Å²) in [6, 6.07) is 6.12. The van der Waals surface area contributed by atoms with Gasteiger partial charge in [-0.1, -0.05) is 6.08 Å². The number of nitrogens with zero attached hydrogens (tertiary/aromatic N) is 3. The zero-order valence-corrected chi connectivity index (χ0v) is 14.2. The molecule has 1 aromatic heterocycles. The third-order valence-corrected chi connectivity index (χ3v) is 4.83. The van der Waals surface area contributed by atoms with Crippen molar-refractivity contribution >= 4 is 12.2 Å². The number of hydrogen-bond acceptors (Lipinski definition) is 2. The van der Waals surface area contributed by atoms with Gasteiger partial charge in [0.05, 0.1) is 23.1 Å². The molecule has 0 spiro atoms. The van der Waals surface area contributed by atoms with Crippen LogP contribution in [-0.4, -0.2) is 38.0 Å². The lowest BCUT2D eigenvalue weighted by molar-refractivity contribution is 0.107. The number of benzene rings is 1. The standard InChI is InChI=1S/C19H20FN3O2/c1-4-9-22(18(24)25)19(3)11-14-12-21-23(17(14)10-13(19)2)16-7-5-15(20)6-8-16/h4-8,10,12H,1,9,11H2,2-3H3,(H,24,25)/t19-/m0/s1. The third kappa shape index (κ3) is 2.84. The van der Waals surface area contributed by atoms with E-state index >= 15 is 0 Å². The van der Waals surface area contributed by atoms with Crippen LogP contribution in [0.25, 0.3) is 11.8 Å². The van der Waals surface area contributed by atoms with E-state index in [0.717, 1.165) is 22.5 Å². The van der Waals surface area contributed by atoms with Crippen LogP contribution in [0, 0.1) is 5.82 Å². The molecular weight excluding hydrogens is 321 g/mol. The number of carbonyl (C=O) groups is 1. The van der Waals surface area contributed by atoms with Crippen molar-refractivity contribution in [3.8, 4) is 5.69 Å². The van der Waals surface area contributed by atoms with Crippen molar-refractivity contribution in [2.45, 2.75) is 25.8 Å². The van der Waals surface area contributed by atoms with Crippen LogP contribution in [-0.2, 0) is 6.42 Å². The van der Waals surface area contributed by atoms with Crippen LogP contribution in [0.5, 0.6) is 0 Å². The van der Waals surface area contributed by atoms with Crippen molar-refractivity contribution in [3.05, 3.63) is 65.8 Å². The van der Waals surface area contributed by atoms with Crippen LogP contribution in [0.3, 0.4) is 0 Å². The molecule has 3 rings (SSSR count). The average Bonchev–Trinajstić information content (AvgIpc) is 2.95. The molecule has 0 saturated carbocycles. The second-order valence-electron chi connectivity index (χ2n) is 6.40. The molecule has 1 N–H and O–H groups in total. The van der Waals surface area contributed by atoms with E-state index in [1.165, 1.54) is 17.0 Å². The van der Waals surface area contributed by atoms with E-state index in [-0.39, 0.29) is 12.4 Å². The number of halogens is 1. The summed E-state index contributed by atoms with van der Waals surface area (Å²) in [6.45, 7) is 7.74. The molecule has 1 amide bonds. The van der Waals surface area contributed by atoms with Crippen molar-refractivity contribution in [1.82, 2.24) is 14.7 Å². The lowest BCUT2D eigenvalue weighted by Crippen LogP contribution is -2.52. The summed E-state index contributed by atoms with van der Waals surface area (Å²) < 4.78 is 14.9. The molecule has 1 atom stereocenters. The van der Waals surface area contributed by atoms with Crippen molar-refractivity contribution in [2.75, 3.05) is 6.54 Å². The van der Waals surface area contributed by atoms with Gasteiger partial charge in [-0.2, -0.15) is 5.10 Å². The molecule has 0 radical (unpaired) electrons. The fourth-order valence-electron chi connectivity index (χ4n) is 3.27. The van der Waals surface area contributed by atoms with Gasteiger partial charge in [-0.3, -0.25) is 4.90 Å². The summed E-state index contributed by atoms with van der Waals surface area (Å²) in [5, 5.41) is 14.0. The molecule has 6 heteroatoms. The molecule has 1 aliphatic carbocycles. The molecule has 0 saturated heterocycles. The summed E-state index contributed by atoms with van der Waals surface area (Å²) >= 11 is 0. The first kappa shape index (κ1) is 17.0. The second kappa shape index (κ2) is 6.20.